The number of halogens is 2. The first-order chi connectivity index (χ1) is 4.46. The molecule has 0 bridgehead atoms. The van der Waals surface area contributed by atoms with Crippen molar-refractivity contribution in [2.24, 2.45) is 11.8 Å². The summed E-state index contributed by atoms with van der Waals surface area (Å²) in [6, 6.07) is 0. The van der Waals surface area contributed by atoms with E-state index in [2.05, 4.69) is 0 Å². The quantitative estimate of drug-likeness (QED) is 0.562. The monoisotopic (exact) mass is 148 g/mol. The Morgan fingerprint density at radius 3 is 1.20 bits per heavy atom. The van der Waals surface area contributed by atoms with Crippen LogP contribution in [0.3, 0.4) is 0 Å². The standard InChI is InChI=1S/C8H14F2/c1-5(2)7(6(3)4)8(9)10/h5-6H,1-4H3. The van der Waals surface area contributed by atoms with Crippen molar-refractivity contribution in [3.63, 3.8) is 0 Å². The zero-order chi connectivity index (χ0) is 8.31. The predicted octanol–water partition coefficient (Wildman–Crippen LogP) is 3.45. The van der Waals surface area contributed by atoms with Gasteiger partial charge in [-0.1, -0.05) is 27.7 Å². The van der Waals surface area contributed by atoms with Crippen LogP contribution in [-0.4, -0.2) is 0 Å². The summed E-state index contributed by atoms with van der Waals surface area (Å²) in [6.45, 7) is 7.14. The van der Waals surface area contributed by atoms with E-state index < -0.39 is 6.08 Å². The molecule has 0 nitrogen and oxygen atoms in total. The second kappa shape index (κ2) is 3.69. The van der Waals surface area contributed by atoms with Crippen LogP contribution in [0.25, 0.3) is 0 Å². The summed E-state index contributed by atoms with van der Waals surface area (Å²) in [4.78, 5) is 0. The van der Waals surface area contributed by atoms with E-state index in [0.717, 1.165) is 0 Å². The van der Waals surface area contributed by atoms with Crippen LogP contribution in [0.2, 0.25) is 0 Å². The van der Waals surface area contributed by atoms with Crippen molar-refractivity contribution in [1.82, 2.24) is 0 Å². The van der Waals surface area contributed by atoms with Gasteiger partial charge in [-0.25, -0.2) is 0 Å². The predicted molar refractivity (Wildman–Crippen MR) is 38.9 cm³/mol. The van der Waals surface area contributed by atoms with Crippen molar-refractivity contribution >= 4 is 0 Å². The van der Waals surface area contributed by atoms with Gasteiger partial charge < -0.3 is 0 Å². The molecule has 0 atom stereocenters. The van der Waals surface area contributed by atoms with Crippen LogP contribution >= 0.6 is 0 Å². The molecule has 0 aliphatic heterocycles. The highest BCUT2D eigenvalue weighted by molar-refractivity contribution is 5.07. The molecule has 0 N–H and O–H groups in total. The molecule has 0 saturated heterocycles. The number of allylic oxidation sites excluding steroid dienone is 1. The molecule has 0 radical (unpaired) electrons. The molecule has 60 valence electrons. The van der Waals surface area contributed by atoms with Crippen LogP contribution in [0.4, 0.5) is 8.78 Å². The highest BCUT2D eigenvalue weighted by Gasteiger charge is 2.13. The third-order valence-corrected chi connectivity index (χ3v) is 1.46. The van der Waals surface area contributed by atoms with Gasteiger partial charge in [0.2, 0.25) is 0 Å². The molecule has 0 amide bonds. The van der Waals surface area contributed by atoms with Crippen LogP contribution < -0.4 is 0 Å². The molecule has 0 aliphatic carbocycles. The van der Waals surface area contributed by atoms with E-state index in [4.69, 9.17) is 0 Å². The number of hydrogen-bond donors (Lipinski definition) is 0. The first-order valence-corrected chi connectivity index (χ1v) is 3.51. The molecule has 2 heteroatoms. The van der Waals surface area contributed by atoms with Gasteiger partial charge in [0.25, 0.3) is 6.08 Å². The molecular formula is C8H14F2. The van der Waals surface area contributed by atoms with Crippen molar-refractivity contribution in [2.75, 3.05) is 0 Å². The van der Waals surface area contributed by atoms with Crippen molar-refractivity contribution in [2.45, 2.75) is 27.7 Å². The minimum Gasteiger partial charge on any atom is -0.173 e. The van der Waals surface area contributed by atoms with Gasteiger partial charge in [-0.3, -0.25) is 0 Å². The summed E-state index contributed by atoms with van der Waals surface area (Å²) in [5.41, 5.74) is 0.278. The van der Waals surface area contributed by atoms with Crippen LogP contribution in [0, 0.1) is 11.8 Å². The SMILES string of the molecule is CC(C)C(=C(F)F)C(C)C. The van der Waals surface area contributed by atoms with Crippen molar-refractivity contribution in [3.8, 4) is 0 Å². The molecule has 10 heavy (non-hydrogen) atoms. The Labute approximate surface area is 60.9 Å². The third kappa shape index (κ3) is 2.46. The smallest absolute Gasteiger partial charge is 0.173 e. The Kier molecular flexibility index (Phi) is 3.54. The maximum Gasteiger partial charge on any atom is 0.270 e. The molecule has 0 rings (SSSR count). The van der Waals surface area contributed by atoms with Crippen LogP contribution in [0.1, 0.15) is 27.7 Å². The van der Waals surface area contributed by atoms with Gasteiger partial charge in [-0.05, 0) is 11.8 Å². The lowest BCUT2D eigenvalue weighted by molar-refractivity contribution is 0.383. The molecule has 0 aromatic carbocycles. The second-order valence-electron chi connectivity index (χ2n) is 3.03. The fraction of sp³-hybridized carbons (Fsp3) is 0.750. The topological polar surface area (TPSA) is 0 Å². The summed E-state index contributed by atoms with van der Waals surface area (Å²) in [5.74, 6) is -0.0741. The molecule has 0 spiro atoms. The Bertz CT molecular complexity index is 120. The first-order valence-electron chi connectivity index (χ1n) is 3.51. The molecule has 0 heterocycles. The van der Waals surface area contributed by atoms with E-state index in [9.17, 15) is 8.78 Å². The van der Waals surface area contributed by atoms with E-state index in [-0.39, 0.29) is 17.4 Å². The minimum atomic E-state index is -1.51. The van der Waals surface area contributed by atoms with Crippen molar-refractivity contribution in [1.29, 1.82) is 0 Å². The molecule has 0 aromatic heterocycles. The zero-order valence-electron chi connectivity index (χ0n) is 6.91. The summed E-state index contributed by atoms with van der Waals surface area (Å²) in [5, 5.41) is 0. The lowest BCUT2D eigenvalue weighted by atomic mass is 9.94. The summed E-state index contributed by atoms with van der Waals surface area (Å²) >= 11 is 0. The second-order valence-corrected chi connectivity index (χ2v) is 3.03. The number of rotatable bonds is 2. The van der Waals surface area contributed by atoms with E-state index >= 15 is 0 Å². The van der Waals surface area contributed by atoms with Crippen LogP contribution in [0.15, 0.2) is 11.7 Å². The maximum atomic E-state index is 12.1. The average Bonchev–Trinajstić information content (AvgIpc) is 1.59. The summed E-state index contributed by atoms with van der Waals surface area (Å²) in [6.07, 6.45) is -1.51. The van der Waals surface area contributed by atoms with Gasteiger partial charge in [0, 0.05) is 5.57 Å². The Morgan fingerprint density at radius 2 is 1.20 bits per heavy atom. The largest absolute Gasteiger partial charge is 0.270 e. The molecule has 0 fully saturated rings. The van der Waals surface area contributed by atoms with Gasteiger partial charge in [-0.2, -0.15) is 8.78 Å². The van der Waals surface area contributed by atoms with Gasteiger partial charge in [0.1, 0.15) is 0 Å². The van der Waals surface area contributed by atoms with Crippen molar-refractivity contribution < 1.29 is 8.78 Å². The molecule has 0 saturated carbocycles. The van der Waals surface area contributed by atoms with Crippen LogP contribution in [0.5, 0.6) is 0 Å². The zero-order valence-corrected chi connectivity index (χ0v) is 6.91. The first kappa shape index (κ1) is 9.60. The normalized spacial score (nSPS) is 10.8. The highest BCUT2D eigenvalue weighted by atomic mass is 19.3. The Hall–Kier alpha value is -0.400. The van der Waals surface area contributed by atoms with Crippen molar-refractivity contribution in [3.05, 3.63) is 11.7 Å². The fourth-order valence-electron chi connectivity index (χ4n) is 1.10. The molecule has 0 aromatic rings. The Morgan fingerprint density at radius 1 is 0.900 bits per heavy atom. The number of hydrogen-bond acceptors (Lipinski definition) is 0. The van der Waals surface area contributed by atoms with Gasteiger partial charge in [0.05, 0.1) is 0 Å². The fourth-order valence-corrected chi connectivity index (χ4v) is 1.10. The molecular weight excluding hydrogens is 134 g/mol. The lowest BCUT2D eigenvalue weighted by Crippen LogP contribution is -2.02. The average molecular weight is 148 g/mol. The highest BCUT2D eigenvalue weighted by Crippen LogP contribution is 2.24. The third-order valence-electron chi connectivity index (χ3n) is 1.46. The van der Waals surface area contributed by atoms with E-state index in [0.29, 0.717) is 0 Å². The van der Waals surface area contributed by atoms with Crippen LogP contribution in [-0.2, 0) is 0 Å². The Balaban J connectivity index is 4.44. The van der Waals surface area contributed by atoms with E-state index in [1.165, 1.54) is 0 Å². The van der Waals surface area contributed by atoms with Gasteiger partial charge in [-0.15, -0.1) is 0 Å². The summed E-state index contributed by atoms with van der Waals surface area (Å²) < 4.78 is 24.2. The van der Waals surface area contributed by atoms with E-state index in [1.54, 1.807) is 27.7 Å². The van der Waals surface area contributed by atoms with Gasteiger partial charge >= 0.3 is 0 Å². The lowest BCUT2D eigenvalue weighted by Gasteiger charge is -2.12. The minimum absolute atomic E-state index is 0.0370. The van der Waals surface area contributed by atoms with E-state index in [1.807, 2.05) is 0 Å². The summed E-state index contributed by atoms with van der Waals surface area (Å²) in [7, 11) is 0. The van der Waals surface area contributed by atoms with Gasteiger partial charge in [0.15, 0.2) is 0 Å². The maximum absolute atomic E-state index is 12.1. The molecule has 0 aliphatic rings. The molecule has 0 unspecified atom stereocenters.